The van der Waals surface area contributed by atoms with Gasteiger partial charge in [0.25, 0.3) is 0 Å². The second kappa shape index (κ2) is 7.20. The topological polar surface area (TPSA) is 6.48 Å². The molecule has 0 spiro atoms. The van der Waals surface area contributed by atoms with Gasteiger partial charge in [0.05, 0.1) is 5.69 Å². The highest BCUT2D eigenvalue weighted by Gasteiger charge is 2.25. The van der Waals surface area contributed by atoms with Crippen LogP contribution in [0.15, 0.2) is 54.6 Å². The molecule has 0 aromatic heterocycles. The summed E-state index contributed by atoms with van der Waals surface area (Å²) < 4.78 is 0. The molecule has 4 heteroatoms. The third-order valence-electron chi connectivity index (χ3n) is 4.15. The predicted octanol–water partition coefficient (Wildman–Crippen LogP) is 4.56. The van der Waals surface area contributed by atoms with Gasteiger partial charge in [0.1, 0.15) is 4.99 Å². The van der Waals surface area contributed by atoms with Crippen molar-refractivity contribution in [3.05, 3.63) is 65.7 Å². The van der Waals surface area contributed by atoms with Crippen molar-refractivity contribution in [1.29, 1.82) is 0 Å². The summed E-state index contributed by atoms with van der Waals surface area (Å²) in [6.07, 6.45) is 2.39. The van der Waals surface area contributed by atoms with E-state index < -0.39 is 0 Å². The van der Waals surface area contributed by atoms with Gasteiger partial charge in [-0.05, 0) is 43.6 Å². The summed E-state index contributed by atoms with van der Waals surface area (Å²) in [5.41, 5.74) is 3.26. The molecule has 2 aromatic carbocycles. The molecule has 3 rings (SSSR count). The number of nitrogens with zero attached hydrogens (tertiary/aromatic N) is 2. The van der Waals surface area contributed by atoms with Crippen LogP contribution in [-0.4, -0.2) is 28.1 Å². The van der Waals surface area contributed by atoms with E-state index in [0.717, 1.165) is 34.4 Å². The van der Waals surface area contributed by atoms with Crippen molar-refractivity contribution >= 4 is 40.2 Å². The Kier molecular flexibility index (Phi) is 5.03. The van der Waals surface area contributed by atoms with Crippen molar-refractivity contribution in [2.75, 3.05) is 18.0 Å². The predicted molar refractivity (Wildman–Crippen MR) is 105 cm³/mol. The molecule has 0 aliphatic carbocycles. The van der Waals surface area contributed by atoms with Crippen molar-refractivity contribution in [2.24, 2.45) is 0 Å². The van der Waals surface area contributed by atoms with Crippen molar-refractivity contribution in [1.82, 2.24) is 4.90 Å². The zero-order chi connectivity index (χ0) is 16.2. The van der Waals surface area contributed by atoms with E-state index in [9.17, 15) is 0 Å². The second-order valence-electron chi connectivity index (χ2n) is 5.77. The van der Waals surface area contributed by atoms with Crippen LogP contribution in [0.4, 0.5) is 5.69 Å². The van der Waals surface area contributed by atoms with Crippen LogP contribution in [0, 0.1) is 6.92 Å². The summed E-state index contributed by atoms with van der Waals surface area (Å²) in [7, 11) is 0. The molecule has 118 valence electrons. The van der Waals surface area contributed by atoms with Gasteiger partial charge >= 0.3 is 0 Å². The minimum atomic E-state index is 0.761. The monoisotopic (exact) mass is 340 g/mol. The third kappa shape index (κ3) is 3.43. The van der Waals surface area contributed by atoms with Crippen LogP contribution in [0.25, 0.3) is 0 Å². The lowest BCUT2D eigenvalue weighted by atomic mass is 10.1. The second-order valence-corrected chi connectivity index (χ2v) is 6.52. The molecule has 1 fully saturated rings. The van der Waals surface area contributed by atoms with Gasteiger partial charge in [0.15, 0.2) is 5.11 Å². The zero-order valence-corrected chi connectivity index (χ0v) is 14.9. The van der Waals surface area contributed by atoms with E-state index in [4.69, 9.17) is 24.4 Å². The van der Waals surface area contributed by atoms with Crippen molar-refractivity contribution < 1.29 is 0 Å². The molecule has 0 unspecified atom stereocenters. The zero-order valence-electron chi connectivity index (χ0n) is 13.2. The van der Waals surface area contributed by atoms with Crippen LogP contribution in [-0.2, 0) is 0 Å². The van der Waals surface area contributed by atoms with Crippen LogP contribution in [0.1, 0.15) is 24.0 Å². The average molecular weight is 341 g/mol. The van der Waals surface area contributed by atoms with Gasteiger partial charge < -0.3 is 4.90 Å². The van der Waals surface area contributed by atoms with E-state index >= 15 is 0 Å². The number of para-hydroxylation sites is 1. The highest BCUT2D eigenvalue weighted by Crippen LogP contribution is 2.25. The number of rotatable bonds is 2. The number of hydrogen-bond donors (Lipinski definition) is 0. The Morgan fingerprint density at radius 3 is 2.17 bits per heavy atom. The quantitative estimate of drug-likeness (QED) is 0.739. The number of thiocarbonyl (C=S) groups is 2. The van der Waals surface area contributed by atoms with E-state index in [2.05, 4.69) is 28.9 Å². The summed E-state index contributed by atoms with van der Waals surface area (Å²) in [4.78, 5) is 5.08. The maximum absolute atomic E-state index is 5.82. The van der Waals surface area contributed by atoms with Crippen LogP contribution in [0.3, 0.4) is 0 Å². The molecule has 1 heterocycles. The lowest BCUT2D eigenvalue weighted by Gasteiger charge is -2.32. The summed E-state index contributed by atoms with van der Waals surface area (Å²) >= 11 is 11.6. The molecule has 1 aliphatic rings. The Hall–Kier alpha value is -1.78. The summed E-state index contributed by atoms with van der Waals surface area (Å²) in [6, 6.07) is 18.4. The van der Waals surface area contributed by atoms with Crippen molar-refractivity contribution in [2.45, 2.75) is 19.8 Å². The van der Waals surface area contributed by atoms with Gasteiger partial charge in [0, 0.05) is 18.7 Å². The molecule has 2 nitrogen and oxygen atoms in total. The molecule has 1 saturated heterocycles. The third-order valence-corrected chi connectivity index (χ3v) is 5.01. The molecule has 0 amide bonds. The number of aryl methyl sites for hydroxylation is 1. The maximum Gasteiger partial charge on any atom is 0.181 e. The fourth-order valence-electron chi connectivity index (χ4n) is 2.87. The van der Waals surface area contributed by atoms with E-state index in [-0.39, 0.29) is 0 Å². The Labute approximate surface area is 148 Å². The minimum absolute atomic E-state index is 0.761. The van der Waals surface area contributed by atoms with E-state index in [1.54, 1.807) is 0 Å². The van der Waals surface area contributed by atoms with Crippen LogP contribution in [0.2, 0.25) is 0 Å². The standard InChI is InChI=1S/C19H20N2S2/c1-15-9-5-6-12-17(15)21(19(23)20-13-7-8-14-20)18(22)16-10-3-2-4-11-16/h2-6,9-12H,7-8,13-14H2,1H3. The first-order valence-corrected chi connectivity index (χ1v) is 8.74. The van der Waals surface area contributed by atoms with Crippen LogP contribution in [0.5, 0.6) is 0 Å². The van der Waals surface area contributed by atoms with Gasteiger partial charge in [-0.1, -0.05) is 60.7 Å². The largest absolute Gasteiger partial charge is 0.349 e. The van der Waals surface area contributed by atoms with Gasteiger partial charge in [-0.3, -0.25) is 4.90 Å². The van der Waals surface area contributed by atoms with E-state index in [0.29, 0.717) is 0 Å². The summed E-state index contributed by atoms with van der Waals surface area (Å²) in [5.74, 6) is 0. The first-order valence-electron chi connectivity index (χ1n) is 7.92. The lowest BCUT2D eigenvalue weighted by molar-refractivity contribution is 0.523. The fraction of sp³-hybridized carbons (Fsp3) is 0.263. The molecular weight excluding hydrogens is 320 g/mol. The van der Waals surface area contributed by atoms with Crippen LogP contribution >= 0.6 is 24.4 Å². The van der Waals surface area contributed by atoms with E-state index in [1.807, 2.05) is 42.5 Å². The summed E-state index contributed by atoms with van der Waals surface area (Å²) in [5, 5.41) is 0.811. The Morgan fingerprint density at radius 2 is 1.52 bits per heavy atom. The molecule has 0 N–H and O–H groups in total. The van der Waals surface area contributed by atoms with Gasteiger partial charge in [-0.15, -0.1) is 0 Å². The fourth-order valence-corrected chi connectivity index (χ4v) is 3.62. The van der Waals surface area contributed by atoms with Gasteiger partial charge in [0.2, 0.25) is 0 Å². The molecule has 23 heavy (non-hydrogen) atoms. The molecule has 0 radical (unpaired) electrons. The molecule has 0 atom stereocenters. The highest BCUT2D eigenvalue weighted by atomic mass is 32.1. The van der Waals surface area contributed by atoms with Gasteiger partial charge in [-0.25, -0.2) is 0 Å². The Morgan fingerprint density at radius 1 is 0.913 bits per heavy atom. The highest BCUT2D eigenvalue weighted by molar-refractivity contribution is 7.82. The first-order chi connectivity index (χ1) is 11.2. The summed E-state index contributed by atoms with van der Waals surface area (Å²) in [6.45, 7) is 4.12. The molecule has 1 aliphatic heterocycles. The number of benzene rings is 2. The molecule has 2 aromatic rings. The normalized spacial score (nSPS) is 13.9. The molecule has 0 saturated carbocycles. The van der Waals surface area contributed by atoms with Crippen molar-refractivity contribution in [3.63, 3.8) is 0 Å². The Bertz CT molecular complexity index is 706. The SMILES string of the molecule is Cc1ccccc1N(C(=S)c1ccccc1)C(=S)N1CCCC1. The maximum atomic E-state index is 5.82. The first kappa shape index (κ1) is 16.1. The number of hydrogen-bond acceptors (Lipinski definition) is 2. The minimum Gasteiger partial charge on any atom is -0.349 e. The number of anilines is 1. The van der Waals surface area contributed by atoms with Crippen LogP contribution < -0.4 is 4.90 Å². The lowest BCUT2D eigenvalue weighted by Crippen LogP contribution is -2.45. The average Bonchev–Trinajstić information content (AvgIpc) is 3.12. The van der Waals surface area contributed by atoms with E-state index in [1.165, 1.54) is 18.4 Å². The smallest absolute Gasteiger partial charge is 0.181 e. The molecule has 0 bridgehead atoms. The van der Waals surface area contributed by atoms with Crippen molar-refractivity contribution in [3.8, 4) is 0 Å². The molecular formula is C19H20N2S2. The number of likely N-dealkylation sites (tertiary alicyclic amines) is 1. The Balaban J connectivity index is 2.01. The van der Waals surface area contributed by atoms with Gasteiger partial charge in [-0.2, -0.15) is 0 Å².